The maximum Gasteiger partial charge on any atom is 0.0728 e. The van der Waals surface area contributed by atoms with Crippen LogP contribution in [-0.4, -0.2) is 9.78 Å². The highest BCUT2D eigenvalue weighted by molar-refractivity contribution is 5.29. The van der Waals surface area contributed by atoms with Crippen LogP contribution in [-0.2, 0) is 18.0 Å². The molecule has 1 rings (SSSR count). The molecule has 0 saturated carbocycles. The topological polar surface area (TPSA) is 43.8 Å². The Bertz CT molecular complexity index is 292. The van der Waals surface area contributed by atoms with Gasteiger partial charge < -0.3 is 5.73 Å². The van der Waals surface area contributed by atoms with Gasteiger partial charge in [0.25, 0.3) is 0 Å². The minimum absolute atomic E-state index is 0.0488. The summed E-state index contributed by atoms with van der Waals surface area (Å²) in [7, 11) is 1.94. The summed E-state index contributed by atoms with van der Waals surface area (Å²) in [5.74, 6) is 0. The SMILES string of the molecule is Cn1cc(C(C)(C)N)c(C(C)(C)C)n1. The molecule has 0 radical (unpaired) electrons. The number of nitrogens with zero attached hydrogens (tertiary/aromatic N) is 2. The smallest absolute Gasteiger partial charge is 0.0728 e. The van der Waals surface area contributed by atoms with Crippen LogP contribution in [0, 0.1) is 0 Å². The van der Waals surface area contributed by atoms with E-state index in [1.807, 2.05) is 31.8 Å². The van der Waals surface area contributed by atoms with Gasteiger partial charge in [-0.15, -0.1) is 0 Å². The summed E-state index contributed by atoms with van der Waals surface area (Å²) >= 11 is 0. The van der Waals surface area contributed by atoms with Gasteiger partial charge >= 0.3 is 0 Å². The standard InChI is InChI=1S/C11H21N3/c1-10(2,3)9-8(11(4,5)12)7-14(6)13-9/h7H,12H2,1-6H3. The fraction of sp³-hybridized carbons (Fsp3) is 0.727. The van der Waals surface area contributed by atoms with Crippen LogP contribution in [0.3, 0.4) is 0 Å². The van der Waals surface area contributed by atoms with Gasteiger partial charge in [-0.1, -0.05) is 20.8 Å². The molecule has 0 amide bonds. The first kappa shape index (κ1) is 11.2. The lowest BCUT2D eigenvalue weighted by Gasteiger charge is -2.24. The van der Waals surface area contributed by atoms with Crippen LogP contribution in [0.25, 0.3) is 0 Å². The first-order valence-corrected chi connectivity index (χ1v) is 4.96. The monoisotopic (exact) mass is 195 g/mol. The van der Waals surface area contributed by atoms with Crippen molar-refractivity contribution < 1.29 is 0 Å². The molecule has 0 unspecified atom stereocenters. The van der Waals surface area contributed by atoms with Crippen LogP contribution in [0.15, 0.2) is 6.20 Å². The largest absolute Gasteiger partial charge is 0.322 e. The van der Waals surface area contributed by atoms with Crippen LogP contribution >= 0.6 is 0 Å². The summed E-state index contributed by atoms with van der Waals surface area (Å²) in [6.07, 6.45) is 2.01. The molecular weight excluding hydrogens is 174 g/mol. The van der Waals surface area contributed by atoms with E-state index in [9.17, 15) is 0 Å². The quantitative estimate of drug-likeness (QED) is 0.744. The van der Waals surface area contributed by atoms with Crippen LogP contribution < -0.4 is 5.73 Å². The van der Waals surface area contributed by atoms with Crippen molar-refractivity contribution in [2.45, 2.75) is 45.6 Å². The molecule has 0 aliphatic rings. The van der Waals surface area contributed by atoms with Gasteiger partial charge in [-0.2, -0.15) is 5.10 Å². The van der Waals surface area contributed by atoms with Crippen molar-refractivity contribution in [3.8, 4) is 0 Å². The number of hydrogen-bond donors (Lipinski definition) is 1. The highest BCUT2D eigenvalue weighted by Gasteiger charge is 2.28. The van der Waals surface area contributed by atoms with E-state index in [0.717, 1.165) is 11.3 Å². The maximum absolute atomic E-state index is 6.11. The summed E-state index contributed by atoms with van der Waals surface area (Å²) in [5.41, 5.74) is 8.06. The molecule has 2 N–H and O–H groups in total. The van der Waals surface area contributed by atoms with E-state index >= 15 is 0 Å². The molecule has 0 bridgehead atoms. The van der Waals surface area contributed by atoms with E-state index in [1.54, 1.807) is 0 Å². The van der Waals surface area contributed by atoms with Crippen LogP contribution in [0.4, 0.5) is 0 Å². The van der Waals surface area contributed by atoms with Gasteiger partial charge in [-0.3, -0.25) is 4.68 Å². The normalized spacial score (nSPS) is 13.4. The van der Waals surface area contributed by atoms with Crippen molar-refractivity contribution in [1.29, 1.82) is 0 Å². The van der Waals surface area contributed by atoms with Gasteiger partial charge in [0.2, 0.25) is 0 Å². The average Bonchev–Trinajstić information content (AvgIpc) is 2.27. The molecule has 1 aromatic rings. The van der Waals surface area contributed by atoms with Crippen LogP contribution in [0.5, 0.6) is 0 Å². The number of nitrogens with two attached hydrogens (primary N) is 1. The zero-order chi connectivity index (χ0) is 11.1. The van der Waals surface area contributed by atoms with Gasteiger partial charge in [0, 0.05) is 29.8 Å². The second kappa shape index (κ2) is 3.09. The molecular formula is C11H21N3. The fourth-order valence-electron chi connectivity index (χ4n) is 1.51. The predicted molar refractivity (Wildman–Crippen MR) is 59.1 cm³/mol. The van der Waals surface area contributed by atoms with E-state index in [0.29, 0.717) is 0 Å². The third kappa shape index (κ3) is 2.15. The number of aromatic nitrogens is 2. The Balaban J connectivity index is 3.31. The Labute approximate surface area is 86.3 Å². The zero-order valence-electron chi connectivity index (χ0n) is 10.0. The van der Waals surface area contributed by atoms with Gasteiger partial charge in [0.05, 0.1) is 5.69 Å². The molecule has 0 aliphatic carbocycles. The van der Waals surface area contributed by atoms with Gasteiger partial charge in [-0.25, -0.2) is 0 Å². The summed E-state index contributed by atoms with van der Waals surface area (Å²) < 4.78 is 1.84. The third-order valence-corrected chi connectivity index (χ3v) is 2.23. The highest BCUT2D eigenvalue weighted by atomic mass is 15.3. The lowest BCUT2D eigenvalue weighted by atomic mass is 9.84. The summed E-state index contributed by atoms with van der Waals surface area (Å²) in [4.78, 5) is 0. The molecule has 0 spiro atoms. The minimum atomic E-state index is -0.323. The summed E-state index contributed by atoms with van der Waals surface area (Å²) in [6, 6.07) is 0. The van der Waals surface area contributed by atoms with Crippen molar-refractivity contribution in [2.75, 3.05) is 0 Å². The predicted octanol–water partition coefficient (Wildman–Crippen LogP) is 1.91. The molecule has 1 heterocycles. The Morgan fingerprint density at radius 1 is 1.21 bits per heavy atom. The molecule has 3 heteroatoms. The van der Waals surface area contributed by atoms with E-state index in [1.165, 1.54) is 0 Å². The summed E-state index contributed by atoms with van der Waals surface area (Å²) in [6.45, 7) is 10.5. The molecule has 14 heavy (non-hydrogen) atoms. The first-order chi connectivity index (χ1) is 6.12. The molecule has 0 atom stereocenters. The first-order valence-electron chi connectivity index (χ1n) is 4.96. The Morgan fingerprint density at radius 2 is 1.71 bits per heavy atom. The zero-order valence-corrected chi connectivity index (χ0v) is 10.0. The molecule has 3 nitrogen and oxygen atoms in total. The minimum Gasteiger partial charge on any atom is -0.322 e. The molecule has 0 fully saturated rings. The van der Waals surface area contributed by atoms with Crippen molar-refractivity contribution in [2.24, 2.45) is 12.8 Å². The number of rotatable bonds is 1. The second-order valence-corrected chi connectivity index (χ2v) is 5.54. The van der Waals surface area contributed by atoms with Crippen molar-refractivity contribution >= 4 is 0 Å². The van der Waals surface area contributed by atoms with Gasteiger partial charge in [-0.05, 0) is 13.8 Å². The third-order valence-electron chi connectivity index (χ3n) is 2.23. The fourth-order valence-corrected chi connectivity index (χ4v) is 1.51. The second-order valence-electron chi connectivity index (χ2n) is 5.54. The Morgan fingerprint density at radius 3 is 2.00 bits per heavy atom. The van der Waals surface area contributed by atoms with E-state index in [-0.39, 0.29) is 11.0 Å². The van der Waals surface area contributed by atoms with Gasteiger partial charge in [0.1, 0.15) is 0 Å². The Hall–Kier alpha value is -0.830. The lowest BCUT2D eigenvalue weighted by molar-refractivity contribution is 0.503. The van der Waals surface area contributed by atoms with Crippen LogP contribution in [0.1, 0.15) is 45.9 Å². The lowest BCUT2D eigenvalue weighted by Crippen LogP contribution is -2.31. The van der Waals surface area contributed by atoms with Crippen molar-refractivity contribution in [1.82, 2.24) is 9.78 Å². The van der Waals surface area contributed by atoms with Crippen LogP contribution in [0.2, 0.25) is 0 Å². The number of aryl methyl sites for hydroxylation is 1. The molecule has 0 saturated heterocycles. The van der Waals surface area contributed by atoms with E-state index in [4.69, 9.17) is 5.73 Å². The average molecular weight is 195 g/mol. The Kier molecular flexibility index (Phi) is 2.48. The van der Waals surface area contributed by atoms with Crippen molar-refractivity contribution in [3.05, 3.63) is 17.5 Å². The highest BCUT2D eigenvalue weighted by Crippen LogP contribution is 2.29. The molecule has 80 valence electrons. The number of hydrogen-bond acceptors (Lipinski definition) is 2. The van der Waals surface area contributed by atoms with E-state index in [2.05, 4.69) is 25.9 Å². The maximum atomic E-state index is 6.11. The van der Waals surface area contributed by atoms with Crippen molar-refractivity contribution in [3.63, 3.8) is 0 Å². The molecule has 0 aliphatic heterocycles. The summed E-state index contributed by atoms with van der Waals surface area (Å²) in [5, 5.41) is 4.49. The molecule has 1 aromatic heterocycles. The molecule has 0 aromatic carbocycles. The van der Waals surface area contributed by atoms with Gasteiger partial charge in [0.15, 0.2) is 0 Å². The van der Waals surface area contributed by atoms with E-state index < -0.39 is 0 Å².